The van der Waals surface area contributed by atoms with Crippen molar-refractivity contribution in [1.29, 1.82) is 0 Å². The summed E-state index contributed by atoms with van der Waals surface area (Å²) in [5.74, 6) is 0. The van der Waals surface area contributed by atoms with E-state index in [9.17, 15) is 9.90 Å². The Bertz CT molecular complexity index is 70.6. The summed E-state index contributed by atoms with van der Waals surface area (Å²) in [5, 5.41) is 19.3. The van der Waals surface area contributed by atoms with Crippen molar-refractivity contribution in [3.8, 4) is 0 Å². The predicted octanol–water partition coefficient (Wildman–Crippen LogP) is -1.74. The first-order chi connectivity index (χ1) is 3.13. The highest BCUT2D eigenvalue weighted by molar-refractivity contribution is 5.61. The standard InChI is InChI=1S/C3H7NO3/c1-2(5)4-3(6)7/h2,4-5H,1H3,(H,6,7)/p-1. The minimum absolute atomic E-state index is 1.04. The Morgan fingerprint density at radius 1 is 2.00 bits per heavy atom. The lowest BCUT2D eigenvalue weighted by Crippen LogP contribution is -2.41. The molecule has 0 spiro atoms. The number of hydrogen-bond donors (Lipinski definition) is 2. The first-order valence-electron chi connectivity index (χ1n) is 1.78. The van der Waals surface area contributed by atoms with Gasteiger partial charge in [-0.05, 0) is 6.92 Å². The van der Waals surface area contributed by atoms with E-state index >= 15 is 0 Å². The van der Waals surface area contributed by atoms with E-state index in [4.69, 9.17) is 5.11 Å². The second-order valence-electron chi connectivity index (χ2n) is 1.11. The number of amides is 1. The number of hydrogen-bond acceptors (Lipinski definition) is 3. The minimum Gasteiger partial charge on any atom is -0.530 e. The third-order valence-corrected chi connectivity index (χ3v) is 0.327. The zero-order valence-electron chi connectivity index (χ0n) is 3.84. The Morgan fingerprint density at radius 2 is 2.43 bits per heavy atom. The summed E-state index contributed by atoms with van der Waals surface area (Å²) in [5.41, 5.74) is 0. The van der Waals surface area contributed by atoms with Crippen molar-refractivity contribution in [2.24, 2.45) is 0 Å². The summed E-state index contributed by atoms with van der Waals surface area (Å²) in [6.07, 6.45) is -2.50. The number of aliphatic hydroxyl groups excluding tert-OH is 1. The van der Waals surface area contributed by atoms with Crippen LogP contribution >= 0.6 is 0 Å². The predicted molar refractivity (Wildman–Crippen MR) is 20.2 cm³/mol. The third-order valence-electron chi connectivity index (χ3n) is 0.327. The molecule has 0 aliphatic rings. The van der Waals surface area contributed by atoms with Crippen LogP contribution in [0.4, 0.5) is 4.79 Å². The molecule has 0 aromatic carbocycles. The summed E-state index contributed by atoms with van der Waals surface area (Å²) in [6, 6.07) is 0. The maximum Gasteiger partial charge on any atom is 0.136 e. The molecule has 0 saturated heterocycles. The van der Waals surface area contributed by atoms with E-state index in [0.29, 0.717) is 0 Å². The fourth-order valence-electron chi connectivity index (χ4n) is 0.171. The molecular weight excluding hydrogens is 98.0 g/mol. The number of aliphatic hydroxyl groups is 1. The number of carbonyl (C=O) groups excluding carboxylic acids is 1. The van der Waals surface area contributed by atoms with Crippen LogP contribution < -0.4 is 10.4 Å². The fourth-order valence-corrected chi connectivity index (χ4v) is 0.171. The lowest BCUT2D eigenvalue weighted by Gasteiger charge is -2.06. The van der Waals surface area contributed by atoms with E-state index in [1.54, 1.807) is 5.32 Å². The molecule has 1 unspecified atom stereocenters. The van der Waals surface area contributed by atoms with Crippen molar-refractivity contribution in [2.45, 2.75) is 13.2 Å². The molecule has 0 heterocycles. The molecule has 4 heteroatoms. The average molecular weight is 104 g/mol. The van der Waals surface area contributed by atoms with Crippen LogP contribution in [-0.4, -0.2) is 17.4 Å². The molecule has 0 fully saturated rings. The summed E-state index contributed by atoms with van der Waals surface area (Å²) in [4.78, 5) is 9.43. The van der Waals surface area contributed by atoms with Crippen molar-refractivity contribution in [3.05, 3.63) is 0 Å². The Hall–Kier alpha value is -0.770. The van der Waals surface area contributed by atoms with Gasteiger partial charge in [0.25, 0.3) is 0 Å². The van der Waals surface area contributed by atoms with Crippen molar-refractivity contribution in [3.63, 3.8) is 0 Å². The lowest BCUT2D eigenvalue weighted by molar-refractivity contribution is -0.253. The molecule has 7 heavy (non-hydrogen) atoms. The van der Waals surface area contributed by atoms with Crippen LogP contribution in [0.1, 0.15) is 6.92 Å². The fraction of sp³-hybridized carbons (Fsp3) is 0.667. The number of rotatable bonds is 1. The van der Waals surface area contributed by atoms with E-state index in [0.717, 1.165) is 0 Å². The molecule has 0 bridgehead atoms. The van der Waals surface area contributed by atoms with Gasteiger partial charge in [-0.3, -0.25) is 0 Å². The van der Waals surface area contributed by atoms with Gasteiger partial charge < -0.3 is 20.3 Å². The Labute approximate surface area is 40.8 Å². The van der Waals surface area contributed by atoms with Gasteiger partial charge in [0.05, 0.1) is 0 Å². The molecule has 0 aliphatic carbocycles. The molecular formula is C3H6NO3-. The van der Waals surface area contributed by atoms with Crippen LogP contribution in [0.5, 0.6) is 0 Å². The second kappa shape index (κ2) is 2.41. The van der Waals surface area contributed by atoms with Crippen molar-refractivity contribution in [2.75, 3.05) is 0 Å². The molecule has 0 aromatic rings. The molecule has 1 atom stereocenters. The van der Waals surface area contributed by atoms with Gasteiger partial charge in [0, 0.05) is 0 Å². The molecule has 0 radical (unpaired) electrons. The molecule has 2 N–H and O–H groups in total. The van der Waals surface area contributed by atoms with Crippen LogP contribution in [0.15, 0.2) is 0 Å². The van der Waals surface area contributed by atoms with Gasteiger partial charge in [-0.2, -0.15) is 0 Å². The molecule has 0 saturated carbocycles. The molecule has 4 nitrogen and oxygen atoms in total. The van der Waals surface area contributed by atoms with Gasteiger partial charge in [-0.25, -0.2) is 0 Å². The minimum atomic E-state index is -1.46. The third kappa shape index (κ3) is 5.23. The van der Waals surface area contributed by atoms with Crippen LogP contribution in [0.2, 0.25) is 0 Å². The highest BCUT2D eigenvalue weighted by Gasteiger charge is 1.87. The average Bonchev–Trinajstić information content (AvgIpc) is 1.27. The largest absolute Gasteiger partial charge is 0.530 e. The van der Waals surface area contributed by atoms with Crippen LogP contribution in [-0.2, 0) is 0 Å². The van der Waals surface area contributed by atoms with E-state index in [1.807, 2.05) is 0 Å². The molecule has 0 aromatic heterocycles. The zero-order chi connectivity index (χ0) is 5.86. The van der Waals surface area contributed by atoms with E-state index in [-0.39, 0.29) is 0 Å². The SMILES string of the molecule is CC(O)NC(=O)[O-]. The summed E-state index contributed by atoms with van der Waals surface area (Å²) < 4.78 is 0. The van der Waals surface area contributed by atoms with Crippen LogP contribution in [0, 0.1) is 0 Å². The van der Waals surface area contributed by atoms with Crippen molar-refractivity contribution < 1.29 is 15.0 Å². The highest BCUT2D eigenvalue weighted by Crippen LogP contribution is 1.65. The Kier molecular flexibility index (Phi) is 2.15. The number of nitrogens with one attached hydrogen (secondary N) is 1. The van der Waals surface area contributed by atoms with E-state index < -0.39 is 12.3 Å². The maximum absolute atomic E-state index is 9.43. The van der Waals surface area contributed by atoms with E-state index in [1.165, 1.54) is 6.92 Å². The van der Waals surface area contributed by atoms with Crippen LogP contribution in [0.25, 0.3) is 0 Å². The Morgan fingerprint density at radius 3 is 2.43 bits per heavy atom. The molecule has 0 rings (SSSR count). The summed E-state index contributed by atoms with van der Waals surface area (Å²) >= 11 is 0. The molecule has 1 amide bonds. The Balaban J connectivity index is 3.13. The quantitative estimate of drug-likeness (QED) is 0.388. The van der Waals surface area contributed by atoms with Crippen molar-refractivity contribution >= 4 is 6.09 Å². The smallest absolute Gasteiger partial charge is 0.136 e. The monoisotopic (exact) mass is 104 g/mol. The van der Waals surface area contributed by atoms with Gasteiger partial charge in [-0.1, -0.05) is 0 Å². The van der Waals surface area contributed by atoms with Gasteiger partial charge >= 0.3 is 0 Å². The zero-order valence-corrected chi connectivity index (χ0v) is 3.84. The first kappa shape index (κ1) is 6.23. The first-order valence-corrected chi connectivity index (χ1v) is 1.78. The maximum atomic E-state index is 9.43. The molecule has 0 aliphatic heterocycles. The second-order valence-corrected chi connectivity index (χ2v) is 1.11. The van der Waals surface area contributed by atoms with Gasteiger partial charge in [-0.15, -0.1) is 0 Å². The lowest BCUT2D eigenvalue weighted by atomic mass is 10.7. The van der Waals surface area contributed by atoms with Gasteiger partial charge in [0.15, 0.2) is 0 Å². The van der Waals surface area contributed by atoms with E-state index in [2.05, 4.69) is 0 Å². The number of carboxylic acid groups (broad SMARTS) is 1. The topological polar surface area (TPSA) is 72.4 Å². The normalized spacial score (nSPS) is 12.9. The van der Waals surface area contributed by atoms with Gasteiger partial charge in [0.1, 0.15) is 12.3 Å². The summed E-state index contributed by atoms with van der Waals surface area (Å²) in [6.45, 7) is 1.29. The van der Waals surface area contributed by atoms with Crippen molar-refractivity contribution in [1.82, 2.24) is 5.32 Å². The summed E-state index contributed by atoms with van der Waals surface area (Å²) in [7, 11) is 0. The number of carbonyl (C=O) groups is 1. The molecule has 42 valence electrons. The highest BCUT2D eigenvalue weighted by atomic mass is 16.4. The van der Waals surface area contributed by atoms with Crippen LogP contribution in [0.3, 0.4) is 0 Å². The van der Waals surface area contributed by atoms with Gasteiger partial charge in [0.2, 0.25) is 0 Å².